The number of nitrogens with one attached hydrogen (secondary N) is 1. The van der Waals surface area contributed by atoms with E-state index in [0.717, 1.165) is 12.1 Å². The molecule has 0 spiro atoms. The van der Waals surface area contributed by atoms with Gasteiger partial charge < -0.3 is 10.2 Å². The zero-order valence-corrected chi connectivity index (χ0v) is 16.2. The van der Waals surface area contributed by atoms with Crippen molar-refractivity contribution >= 4 is 28.8 Å². The molecular formula is C21H17F3N2O2S. The number of halogens is 3. The Morgan fingerprint density at radius 2 is 1.79 bits per heavy atom. The van der Waals surface area contributed by atoms with E-state index in [2.05, 4.69) is 5.32 Å². The lowest BCUT2D eigenvalue weighted by atomic mass is 10.1. The van der Waals surface area contributed by atoms with Crippen molar-refractivity contribution in [3.8, 4) is 0 Å². The average Bonchev–Trinajstić information content (AvgIpc) is 3.22. The van der Waals surface area contributed by atoms with Gasteiger partial charge in [-0.3, -0.25) is 9.59 Å². The highest BCUT2D eigenvalue weighted by Gasteiger charge is 2.30. The van der Waals surface area contributed by atoms with Gasteiger partial charge >= 0.3 is 6.18 Å². The molecule has 0 saturated heterocycles. The van der Waals surface area contributed by atoms with Gasteiger partial charge in [0.25, 0.3) is 11.8 Å². The summed E-state index contributed by atoms with van der Waals surface area (Å²) < 4.78 is 38.6. The van der Waals surface area contributed by atoms with Crippen molar-refractivity contribution in [2.45, 2.75) is 12.7 Å². The lowest BCUT2D eigenvalue weighted by Crippen LogP contribution is -2.26. The number of alkyl halides is 3. The number of hydrogen-bond acceptors (Lipinski definition) is 3. The monoisotopic (exact) mass is 418 g/mol. The van der Waals surface area contributed by atoms with Crippen LogP contribution in [0.15, 0.2) is 66.0 Å². The van der Waals surface area contributed by atoms with E-state index in [1.807, 2.05) is 0 Å². The second-order valence-corrected chi connectivity index (χ2v) is 7.32. The van der Waals surface area contributed by atoms with Gasteiger partial charge in [-0.1, -0.05) is 24.3 Å². The van der Waals surface area contributed by atoms with Crippen molar-refractivity contribution in [1.82, 2.24) is 4.90 Å². The summed E-state index contributed by atoms with van der Waals surface area (Å²) in [7, 11) is 1.51. The standard InChI is InChI=1S/C21H17F3N2O2S/c1-26(13-14-5-2-7-16(11-14)21(22,23)24)20(28)15-6-3-8-17(12-15)25-19(27)18-9-4-10-29-18/h2-12H,13H2,1H3,(H,25,27). The van der Waals surface area contributed by atoms with E-state index < -0.39 is 11.7 Å². The molecule has 0 bridgehead atoms. The molecule has 3 aromatic rings. The first-order valence-electron chi connectivity index (χ1n) is 8.60. The number of benzene rings is 2. The fourth-order valence-electron chi connectivity index (χ4n) is 2.74. The van der Waals surface area contributed by atoms with Gasteiger partial charge in [0.2, 0.25) is 0 Å². The topological polar surface area (TPSA) is 49.4 Å². The van der Waals surface area contributed by atoms with Crippen LogP contribution in [0.4, 0.5) is 18.9 Å². The molecule has 0 radical (unpaired) electrons. The van der Waals surface area contributed by atoms with Crippen molar-refractivity contribution in [3.05, 3.63) is 87.6 Å². The van der Waals surface area contributed by atoms with E-state index in [1.165, 1.54) is 41.5 Å². The van der Waals surface area contributed by atoms with Crippen LogP contribution in [-0.4, -0.2) is 23.8 Å². The van der Waals surface area contributed by atoms with Crippen LogP contribution >= 0.6 is 11.3 Å². The third kappa shape index (κ3) is 5.23. The normalized spacial score (nSPS) is 11.2. The molecule has 0 aliphatic rings. The molecule has 29 heavy (non-hydrogen) atoms. The minimum Gasteiger partial charge on any atom is -0.337 e. The van der Waals surface area contributed by atoms with Gasteiger partial charge in [0.1, 0.15) is 0 Å². The van der Waals surface area contributed by atoms with Crippen molar-refractivity contribution in [2.75, 3.05) is 12.4 Å². The molecule has 1 N–H and O–H groups in total. The van der Waals surface area contributed by atoms with Crippen LogP contribution < -0.4 is 5.32 Å². The summed E-state index contributed by atoms with van der Waals surface area (Å²) in [6.07, 6.45) is -4.44. The first-order chi connectivity index (χ1) is 13.7. The van der Waals surface area contributed by atoms with Crippen LogP contribution in [0.5, 0.6) is 0 Å². The molecule has 0 saturated carbocycles. The molecule has 0 fully saturated rings. The number of anilines is 1. The first kappa shape index (κ1) is 20.6. The first-order valence-corrected chi connectivity index (χ1v) is 9.48. The van der Waals surface area contributed by atoms with E-state index in [1.54, 1.807) is 35.7 Å². The maximum absolute atomic E-state index is 12.9. The van der Waals surface area contributed by atoms with Gasteiger partial charge in [-0.15, -0.1) is 11.3 Å². The molecule has 1 heterocycles. The summed E-state index contributed by atoms with van der Waals surface area (Å²) in [5.41, 5.74) is 0.400. The third-order valence-corrected chi connectivity index (χ3v) is 5.00. The SMILES string of the molecule is CN(Cc1cccc(C(F)(F)F)c1)C(=O)c1cccc(NC(=O)c2cccs2)c1. The fraction of sp³-hybridized carbons (Fsp3) is 0.143. The Hall–Kier alpha value is -3.13. The van der Waals surface area contributed by atoms with E-state index in [-0.39, 0.29) is 18.4 Å². The Labute approximate surface area is 169 Å². The van der Waals surface area contributed by atoms with E-state index in [0.29, 0.717) is 21.7 Å². The predicted octanol–water partition coefficient (Wildman–Crippen LogP) is 5.29. The number of rotatable bonds is 5. The minimum absolute atomic E-state index is 0.0224. The Morgan fingerprint density at radius 3 is 2.48 bits per heavy atom. The van der Waals surface area contributed by atoms with E-state index in [9.17, 15) is 22.8 Å². The van der Waals surface area contributed by atoms with Crippen molar-refractivity contribution in [1.29, 1.82) is 0 Å². The van der Waals surface area contributed by atoms with Crippen LogP contribution in [0.25, 0.3) is 0 Å². The lowest BCUT2D eigenvalue weighted by molar-refractivity contribution is -0.137. The molecule has 3 rings (SSSR count). The highest BCUT2D eigenvalue weighted by molar-refractivity contribution is 7.12. The zero-order valence-electron chi connectivity index (χ0n) is 15.4. The highest BCUT2D eigenvalue weighted by Crippen LogP contribution is 2.29. The lowest BCUT2D eigenvalue weighted by Gasteiger charge is -2.18. The smallest absolute Gasteiger partial charge is 0.337 e. The van der Waals surface area contributed by atoms with Gasteiger partial charge in [0.05, 0.1) is 10.4 Å². The summed E-state index contributed by atoms with van der Waals surface area (Å²) in [6, 6.07) is 14.8. The van der Waals surface area contributed by atoms with Crippen LogP contribution in [0.3, 0.4) is 0 Å². The van der Waals surface area contributed by atoms with E-state index >= 15 is 0 Å². The maximum Gasteiger partial charge on any atom is 0.416 e. The molecule has 0 unspecified atom stereocenters. The second-order valence-electron chi connectivity index (χ2n) is 6.37. The van der Waals surface area contributed by atoms with Crippen molar-refractivity contribution in [2.24, 2.45) is 0 Å². The summed E-state index contributed by atoms with van der Waals surface area (Å²) in [4.78, 5) is 26.7. The summed E-state index contributed by atoms with van der Waals surface area (Å²) >= 11 is 1.30. The van der Waals surface area contributed by atoms with Crippen molar-refractivity contribution < 1.29 is 22.8 Å². The largest absolute Gasteiger partial charge is 0.416 e. The Balaban J connectivity index is 1.71. The molecule has 150 valence electrons. The molecule has 2 aromatic carbocycles. The third-order valence-electron chi connectivity index (χ3n) is 4.13. The Kier molecular flexibility index (Phi) is 6.03. The molecule has 0 aliphatic carbocycles. The number of amides is 2. The molecular weight excluding hydrogens is 401 g/mol. The van der Waals surface area contributed by atoms with Gasteiger partial charge in [0.15, 0.2) is 0 Å². The summed E-state index contributed by atoms with van der Waals surface area (Å²) in [5.74, 6) is -0.642. The number of carbonyl (C=O) groups excluding carboxylic acids is 2. The maximum atomic E-state index is 12.9. The number of hydrogen-bond donors (Lipinski definition) is 1. The molecule has 4 nitrogen and oxygen atoms in total. The van der Waals surface area contributed by atoms with Crippen LogP contribution in [0, 0.1) is 0 Å². The zero-order chi connectivity index (χ0) is 21.0. The van der Waals surface area contributed by atoms with Crippen LogP contribution in [0.1, 0.15) is 31.2 Å². The summed E-state index contributed by atoms with van der Waals surface area (Å²) in [5, 5.41) is 4.52. The molecule has 0 atom stereocenters. The second kappa shape index (κ2) is 8.48. The van der Waals surface area contributed by atoms with E-state index in [4.69, 9.17) is 0 Å². The number of carbonyl (C=O) groups is 2. The van der Waals surface area contributed by atoms with Crippen LogP contribution in [0.2, 0.25) is 0 Å². The van der Waals surface area contributed by atoms with Crippen molar-refractivity contribution in [3.63, 3.8) is 0 Å². The fourth-order valence-corrected chi connectivity index (χ4v) is 3.36. The summed E-state index contributed by atoms with van der Waals surface area (Å²) in [6.45, 7) is 0.0224. The molecule has 2 amide bonds. The van der Waals surface area contributed by atoms with Crippen LogP contribution in [-0.2, 0) is 12.7 Å². The van der Waals surface area contributed by atoms with Gasteiger partial charge in [0, 0.05) is 24.8 Å². The molecule has 0 aliphatic heterocycles. The van der Waals surface area contributed by atoms with Gasteiger partial charge in [-0.25, -0.2) is 0 Å². The Morgan fingerprint density at radius 1 is 1.03 bits per heavy atom. The average molecular weight is 418 g/mol. The molecule has 1 aromatic heterocycles. The predicted molar refractivity (Wildman–Crippen MR) is 106 cm³/mol. The number of thiophene rings is 1. The Bertz CT molecular complexity index is 1020. The molecule has 8 heteroatoms. The van der Waals surface area contributed by atoms with Gasteiger partial charge in [-0.2, -0.15) is 13.2 Å². The highest BCUT2D eigenvalue weighted by atomic mass is 32.1. The quantitative estimate of drug-likeness (QED) is 0.612. The number of nitrogens with zero attached hydrogens (tertiary/aromatic N) is 1. The minimum atomic E-state index is -4.44. The van der Waals surface area contributed by atoms with Gasteiger partial charge in [-0.05, 0) is 47.3 Å².